The van der Waals surface area contributed by atoms with Crippen molar-refractivity contribution in [2.75, 3.05) is 27.8 Å². The van der Waals surface area contributed by atoms with Gasteiger partial charge in [0.25, 0.3) is 0 Å². The van der Waals surface area contributed by atoms with Gasteiger partial charge in [-0.25, -0.2) is 0 Å². The Hall–Kier alpha value is -2.38. The zero-order valence-corrected chi connectivity index (χ0v) is 16.5. The maximum Gasteiger partial charge on any atom is 0.308 e. The molecule has 1 aromatic rings. The molecule has 4 atom stereocenters. The first kappa shape index (κ1) is 19.0. The van der Waals surface area contributed by atoms with Gasteiger partial charge in [0.1, 0.15) is 11.9 Å². The van der Waals surface area contributed by atoms with Crippen molar-refractivity contribution < 1.29 is 28.9 Å². The van der Waals surface area contributed by atoms with Crippen LogP contribution >= 0.6 is 0 Å². The summed E-state index contributed by atoms with van der Waals surface area (Å²) >= 11 is 0. The van der Waals surface area contributed by atoms with Crippen LogP contribution in [-0.2, 0) is 14.9 Å². The van der Waals surface area contributed by atoms with E-state index in [1.165, 1.54) is 21.1 Å². The summed E-state index contributed by atoms with van der Waals surface area (Å²) in [5.41, 5.74) is 0.666. The molecule has 4 unspecified atom stereocenters. The largest absolute Gasteiger partial charge is 0.499 e. The molecule has 3 aliphatic rings. The molecule has 1 fully saturated rings. The van der Waals surface area contributed by atoms with Crippen molar-refractivity contribution in [2.45, 2.75) is 37.3 Å². The van der Waals surface area contributed by atoms with Crippen molar-refractivity contribution in [1.82, 2.24) is 4.90 Å². The Balaban J connectivity index is 2.03. The van der Waals surface area contributed by atoms with Gasteiger partial charge in [0.05, 0.1) is 20.3 Å². The normalized spacial score (nSPS) is 31.4. The zero-order valence-electron chi connectivity index (χ0n) is 16.5. The number of ether oxygens (including phenoxy) is 3. The number of ketones is 1. The first-order chi connectivity index (χ1) is 13.3. The minimum Gasteiger partial charge on any atom is -0.499 e. The van der Waals surface area contributed by atoms with Crippen molar-refractivity contribution >= 4 is 11.8 Å². The number of Topliss-reactive ketones (excluding diaryl/α,β-unsaturated/α-hetero) is 1. The number of likely N-dealkylation sites (tertiary alicyclic amines) is 1. The number of hydrogen-bond donors (Lipinski definition) is 1. The molecule has 7 heteroatoms. The molecule has 0 radical (unpaired) electrons. The van der Waals surface area contributed by atoms with Gasteiger partial charge < -0.3 is 19.3 Å². The van der Waals surface area contributed by atoms with Gasteiger partial charge in [-0.15, -0.1) is 0 Å². The van der Waals surface area contributed by atoms with E-state index in [1.807, 2.05) is 13.1 Å². The molecule has 1 aromatic carbocycles. The molecule has 0 spiro atoms. The van der Waals surface area contributed by atoms with Gasteiger partial charge in [0, 0.05) is 29.4 Å². The van der Waals surface area contributed by atoms with E-state index in [0.717, 1.165) is 6.42 Å². The maximum atomic E-state index is 13.4. The van der Waals surface area contributed by atoms with E-state index in [0.29, 0.717) is 35.6 Å². The molecule has 0 aromatic heterocycles. The lowest BCUT2D eigenvalue weighted by molar-refractivity contribution is -0.132. The van der Waals surface area contributed by atoms with Gasteiger partial charge in [0.2, 0.25) is 0 Å². The Bertz CT molecular complexity index is 878. The summed E-state index contributed by atoms with van der Waals surface area (Å²) < 4.78 is 16.4. The van der Waals surface area contributed by atoms with E-state index in [-0.39, 0.29) is 23.5 Å². The van der Waals surface area contributed by atoms with Gasteiger partial charge >= 0.3 is 5.97 Å². The van der Waals surface area contributed by atoms with E-state index in [2.05, 4.69) is 4.90 Å². The van der Waals surface area contributed by atoms with Gasteiger partial charge in [0.15, 0.2) is 17.3 Å². The van der Waals surface area contributed by atoms with Crippen LogP contribution in [0.2, 0.25) is 0 Å². The van der Waals surface area contributed by atoms with Crippen molar-refractivity contribution in [3.05, 3.63) is 35.1 Å². The van der Waals surface area contributed by atoms with E-state index < -0.39 is 17.5 Å². The Morgan fingerprint density at radius 2 is 2.04 bits per heavy atom. The highest BCUT2D eigenvalue weighted by molar-refractivity contribution is 6.05. The number of benzene rings is 1. The average molecular weight is 387 g/mol. The first-order valence-electron chi connectivity index (χ1n) is 9.42. The lowest BCUT2D eigenvalue weighted by atomic mass is 9.53. The van der Waals surface area contributed by atoms with Crippen LogP contribution in [0.4, 0.5) is 0 Å². The Morgan fingerprint density at radius 1 is 1.29 bits per heavy atom. The van der Waals surface area contributed by atoms with E-state index >= 15 is 0 Å². The van der Waals surface area contributed by atoms with Crippen molar-refractivity contribution in [1.29, 1.82) is 0 Å². The standard InChI is InChI=1S/C21H25NO6/c1-11(23)28-20-15(26-3)6-5-12-17(20)21-7-8-22(2)18(19(12)25)13(21)9-16(27-4)14(24)10-21/h5-6,9,13-14,18,24H,7-8,10H2,1-4H3. The molecule has 2 aliphatic carbocycles. The van der Waals surface area contributed by atoms with Crippen LogP contribution in [0.25, 0.3) is 0 Å². The van der Waals surface area contributed by atoms with Gasteiger partial charge in [-0.3, -0.25) is 14.5 Å². The minimum absolute atomic E-state index is 0.0167. The maximum absolute atomic E-state index is 13.4. The molecular formula is C21H25NO6. The lowest BCUT2D eigenvalue weighted by Crippen LogP contribution is -2.63. The quantitative estimate of drug-likeness (QED) is 0.624. The fourth-order valence-corrected chi connectivity index (χ4v) is 5.27. The van der Waals surface area contributed by atoms with Gasteiger partial charge in [-0.2, -0.15) is 0 Å². The minimum atomic E-state index is -0.789. The summed E-state index contributed by atoms with van der Waals surface area (Å²) in [5, 5.41) is 10.7. The summed E-state index contributed by atoms with van der Waals surface area (Å²) in [6.45, 7) is 2.03. The van der Waals surface area contributed by atoms with Crippen LogP contribution in [0.3, 0.4) is 0 Å². The number of likely N-dealkylation sites (N-methyl/N-ethyl adjacent to an activating group) is 1. The summed E-state index contributed by atoms with van der Waals surface area (Å²) in [4.78, 5) is 27.4. The number of methoxy groups -OCH3 is 2. The molecule has 0 saturated carbocycles. The molecule has 7 nitrogen and oxygen atoms in total. The number of piperidine rings is 1. The molecule has 1 saturated heterocycles. The Kier molecular flexibility index (Phi) is 4.47. The number of hydrogen-bond acceptors (Lipinski definition) is 7. The smallest absolute Gasteiger partial charge is 0.308 e. The predicted molar refractivity (Wildman–Crippen MR) is 101 cm³/mol. The number of nitrogens with zero attached hydrogens (tertiary/aromatic N) is 1. The monoisotopic (exact) mass is 387 g/mol. The van der Waals surface area contributed by atoms with Crippen LogP contribution in [-0.4, -0.2) is 61.7 Å². The van der Waals surface area contributed by atoms with Crippen LogP contribution < -0.4 is 9.47 Å². The molecule has 1 heterocycles. The predicted octanol–water partition coefficient (Wildman–Crippen LogP) is 1.67. The molecular weight excluding hydrogens is 362 g/mol. The van der Waals surface area contributed by atoms with Crippen LogP contribution in [0, 0.1) is 5.92 Å². The fraction of sp³-hybridized carbons (Fsp3) is 0.524. The van der Waals surface area contributed by atoms with Crippen molar-refractivity contribution in [3.63, 3.8) is 0 Å². The lowest BCUT2D eigenvalue weighted by Gasteiger charge is -2.56. The van der Waals surface area contributed by atoms with E-state index in [9.17, 15) is 14.7 Å². The third kappa shape index (κ3) is 2.49. The molecule has 2 bridgehead atoms. The number of aliphatic hydroxyl groups excluding tert-OH is 1. The highest BCUT2D eigenvalue weighted by atomic mass is 16.6. The van der Waals surface area contributed by atoms with E-state index in [4.69, 9.17) is 14.2 Å². The summed E-state index contributed by atoms with van der Waals surface area (Å²) in [7, 11) is 4.97. The molecule has 4 rings (SSSR count). The second-order valence-electron chi connectivity index (χ2n) is 7.83. The molecule has 150 valence electrons. The van der Waals surface area contributed by atoms with Crippen LogP contribution in [0.15, 0.2) is 24.0 Å². The van der Waals surface area contributed by atoms with E-state index in [1.54, 1.807) is 12.1 Å². The number of carbonyl (C=O) groups excluding carboxylic acids is 2. The van der Waals surface area contributed by atoms with Crippen molar-refractivity contribution in [2.24, 2.45) is 5.92 Å². The summed E-state index contributed by atoms with van der Waals surface area (Å²) in [6, 6.07) is 3.06. The average Bonchev–Trinajstić information content (AvgIpc) is 2.66. The fourth-order valence-electron chi connectivity index (χ4n) is 5.27. The van der Waals surface area contributed by atoms with Gasteiger partial charge in [-0.1, -0.05) is 0 Å². The summed E-state index contributed by atoms with van der Waals surface area (Å²) in [6.07, 6.45) is 2.20. The third-order valence-electron chi connectivity index (χ3n) is 6.45. The van der Waals surface area contributed by atoms with Crippen LogP contribution in [0.5, 0.6) is 11.5 Å². The first-order valence-corrected chi connectivity index (χ1v) is 9.42. The van der Waals surface area contributed by atoms with Crippen molar-refractivity contribution in [3.8, 4) is 11.5 Å². The Morgan fingerprint density at radius 3 is 2.68 bits per heavy atom. The van der Waals surface area contributed by atoms with Crippen LogP contribution in [0.1, 0.15) is 35.7 Å². The number of rotatable bonds is 3. The Labute approximate surface area is 163 Å². The molecule has 28 heavy (non-hydrogen) atoms. The third-order valence-corrected chi connectivity index (χ3v) is 6.45. The molecule has 0 amide bonds. The number of carbonyl (C=O) groups is 2. The summed E-state index contributed by atoms with van der Waals surface area (Å²) in [5.74, 6) is 0.488. The molecule has 1 N–H and O–H groups in total. The number of aliphatic hydroxyl groups is 1. The second-order valence-corrected chi connectivity index (χ2v) is 7.83. The second kappa shape index (κ2) is 6.60. The highest BCUT2D eigenvalue weighted by Crippen LogP contribution is 2.58. The SMILES string of the molecule is COC1=CC2C3C(=O)c4ccc(OC)c(OC(C)=O)c4C2(CCN3C)CC1O. The topological polar surface area (TPSA) is 85.3 Å². The molecule has 1 aliphatic heterocycles. The number of fused-ring (bicyclic) bond motifs is 1. The van der Waals surface area contributed by atoms with Gasteiger partial charge in [-0.05, 0) is 44.6 Å². The zero-order chi connectivity index (χ0) is 20.2. The highest BCUT2D eigenvalue weighted by Gasteiger charge is 2.59. The number of esters is 1.